The van der Waals surface area contributed by atoms with Crippen molar-refractivity contribution in [2.45, 2.75) is 13.3 Å². The standard InChI is InChI=1S/C4H8.3CHNO/c1-3-4-2;3*2-1-3/h3H,1,4H2,2H3;3*2H. The summed E-state index contributed by atoms with van der Waals surface area (Å²) < 4.78 is 0. The molecule has 3 N–H and O–H groups in total. The van der Waals surface area contributed by atoms with Gasteiger partial charge in [-0.25, -0.2) is 30.6 Å². The van der Waals surface area contributed by atoms with Crippen molar-refractivity contribution in [2.24, 2.45) is 0 Å². The molecule has 0 aliphatic heterocycles. The predicted octanol–water partition coefficient (Wildman–Crippen LogP) is 1.29. The van der Waals surface area contributed by atoms with E-state index in [9.17, 15) is 0 Å². The molecule has 0 aliphatic carbocycles. The van der Waals surface area contributed by atoms with Crippen molar-refractivity contribution in [1.82, 2.24) is 0 Å². The van der Waals surface area contributed by atoms with Gasteiger partial charge in [-0.1, -0.05) is 13.0 Å². The van der Waals surface area contributed by atoms with Crippen molar-refractivity contribution in [3.63, 3.8) is 0 Å². The lowest BCUT2D eigenvalue weighted by Gasteiger charge is -1.57. The minimum Gasteiger partial charge on any atom is -0.222 e. The van der Waals surface area contributed by atoms with E-state index < -0.39 is 0 Å². The zero-order valence-corrected chi connectivity index (χ0v) is 7.22. The number of allylic oxidation sites excluding steroid dienone is 1. The van der Waals surface area contributed by atoms with Crippen LogP contribution in [-0.2, 0) is 14.4 Å². The highest BCUT2D eigenvalue weighted by Gasteiger charge is 1.45. The first-order valence-corrected chi connectivity index (χ1v) is 2.89. The average molecular weight is 185 g/mol. The molecule has 0 spiro atoms. The highest BCUT2D eigenvalue weighted by molar-refractivity contribution is 5.26. The molecule has 0 heterocycles. The molecule has 72 valence electrons. The fourth-order valence-electron chi connectivity index (χ4n) is 0. The SMILES string of the molecule is C=CCC.N=C=O.N=C=O.N=C=O. The van der Waals surface area contributed by atoms with Gasteiger partial charge in [0.2, 0.25) is 18.2 Å². The Morgan fingerprint density at radius 1 is 1.08 bits per heavy atom. The van der Waals surface area contributed by atoms with Crippen LogP contribution in [-0.4, -0.2) is 18.2 Å². The second-order valence-corrected chi connectivity index (χ2v) is 1.00. The Kier molecular flexibility index (Phi) is 162. The molecule has 0 radical (unpaired) electrons. The second kappa shape index (κ2) is 93.9. The number of hydrogen-bond donors (Lipinski definition) is 3. The molecule has 0 atom stereocenters. The molecule has 0 aromatic heterocycles. The normalized spacial score (nSPS) is 3.77. The van der Waals surface area contributed by atoms with Gasteiger partial charge >= 0.3 is 0 Å². The van der Waals surface area contributed by atoms with Gasteiger partial charge in [0, 0.05) is 0 Å². The fourth-order valence-corrected chi connectivity index (χ4v) is 0. The van der Waals surface area contributed by atoms with Gasteiger partial charge in [-0.15, -0.1) is 6.58 Å². The van der Waals surface area contributed by atoms with Crippen molar-refractivity contribution >= 4 is 18.2 Å². The highest BCUT2D eigenvalue weighted by Crippen LogP contribution is 1.66. The summed E-state index contributed by atoms with van der Waals surface area (Å²) in [6.45, 7) is 5.54. The molecule has 0 saturated heterocycles. The Balaban J connectivity index is -0.0000000420. The van der Waals surface area contributed by atoms with Gasteiger partial charge < -0.3 is 0 Å². The highest BCUT2D eigenvalue weighted by atomic mass is 16.1. The Morgan fingerprint density at radius 2 is 1.15 bits per heavy atom. The van der Waals surface area contributed by atoms with E-state index in [0.717, 1.165) is 24.7 Å². The number of hydrogen-bond acceptors (Lipinski definition) is 6. The largest absolute Gasteiger partial charge is 0.231 e. The first-order valence-electron chi connectivity index (χ1n) is 2.89. The first kappa shape index (κ1) is 22.4. The molecule has 6 heteroatoms. The predicted molar refractivity (Wildman–Crippen MR) is 45.7 cm³/mol. The Hall–Kier alpha value is -2.12. The minimum atomic E-state index is 0.750. The molecule has 0 aliphatic rings. The monoisotopic (exact) mass is 185 g/mol. The van der Waals surface area contributed by atoms with Gasteiger partial charge in [0.25, 0.3) is 0 Å². The Morgan fingerprint density at radius 3 is 1.15 bits per heavy atom. The maximum absolute atomic E-state index is 8.35. The van der Waals surface area contributed by atoms with E-state index in [4.69, 9.17) is 30.6 Å². The summed E-state index contributed by atoms with van der Waals surface area (Å²) in [5.41, 5.74) is 0. The topological polar surface area (TPSA) is 123 Å². The number of isocyanates is 3. The Labute approximate surface area is 75.8 Å². The molecule has 0 fully saturated rings. The van der Waals surface area contributed by atoms with Crippen molar-refractivity contribution < 1.29 is 14.4 Å². The van der Waals surface area contributed by atoms with E-state index in [2.05, 4.69) is 13.5 Å². The van der Waals surface area contributed by atoms with Crippen LogP contribution in [0.1, 0.15) is 13.3 Å². The van der Waals surface area contributed by atoms with Crippen LogP contribution in [0.4, 0.5) is 0 Å². The van der Waals surface area contributed by atoms with Crippen molar-refractivity contribution in [2.75, 3.05) is 0 Å². The van der Waals surface area contributed by atoms with Crippen LogP contribution in [0, 0.1) is 16.2 Å². The molecule has 0 rings (SSSR count). The van der Waals surface area contributed by atoms with Crippen LogP contribution in [0.3, 0.4) is 0 Å². The average Bonchev–Trinajstić information content (AvgIpc) is 2.08. The van der Waals surface area contributed by atoms with E-state index in [1.165, 1.54) is 0 Å². The number of rotatable bonds is 1. The number of nitrogens with one attached hydrogen (secondary N) is 3. The van der Waals surface area contributed by atoms with Gasteiger partial charge in [-0.3, -0.25) is 0 Å². The lowest BCUT2D eigenvalue weighted by molar-refractivity contribution is 0.562. The van der Waals surface area contributed by atoms with Gasteiger partial charge in [-0.2, -0.15) is 0 Å². The van der Waals surface area contributed by atoms with Crippen molar-refractivity contribution in [3.05, 3.63) is 12.7 Å². The maximum Gasteiger partial charge on any atom is 0.231 e. The van der Waals surface area contributed by atoms with Crippen molar-refractivity contribution in [3.8, 4) is 0 Å². The van der Waals surface area contributed by atoms with Crippen LogP contribution >= 0.6 is 0 Å². The summed E-state index contributed by atoms with van der Waals surface area (Å²) in [6.07, 6.45) is 5.21. The molecule has 0 aromatic rings. The Bertz CT molecular complexity index is 155. The summed E-state index contributed by atoms with van der Waals surface area (Å²) in [5.74, 6) is 0. The molecule has 0 aromatic carbocycles. The molecular weight excluding hydrogens is 174 g/mol. The van der Waals surface area contributed by atoms with Crippen LogP contribution in [0.15, 0.2) is 12.7 Å². The first-order chi connectivity index (χ1) is 6.16. The smallest absolute Gasteiger partial charge is 0.222 e. The van der Waals surface area contributed by atoms with Gasteiger partial charge in [0.05, 0.1) is 0 Å². The van der Waals surface area contributed by atoms with E-state index in [1.54, 1.807) is 0 Å². The third-order valence-corrected chi connectivity index (χ3v) is 0.289. The van der Waals surface area contributed by atoms with E-state index in [1.807, 2.05) is 6.08 Å². The zero-order valence-electron chi connectivity index (χ0n) is 7.22. The maximum atomic E-state index is 8.35. The van der Waals surface area contributed by atoms with Crippen LogP contribution < -0.4 is 0 Å². The van der Waals surface area contributed by atoms with E-state index >= 15 is 0 Å². The summed E-state index contributed by atoms with van der Waals surface area (Å²) in [5, 5.41) is 16.2. The number of carbonyl (C=O) groups excluding carboxylic acids is 3. The van der Waals surface area contributed by atoms with Crippen LogP contribution in [0.2, 0.25) is 0 Å². The third kappa shape index (κ3) is 489. The summed E-state index contributed by atoms with van der Waals surface area (Å²) in [7, 11) is 0. The third-order valence-electron chi connectivity index (χ3n) is 0.289. The zero-order chi connectivity index (χ0) is 11.5. The lowest BCUT2D eigenvalue weighted by atomic mass is 10.5. The van der Waals surface area contributed by atoms with Gasteiger partial charge in [-0.05, 0) is 6.42 Å². The van der Waals surface area contributed by atoms with Crippen molar-refractivity contribution in [1.29, 1.82) is 16.2 Å². The van der Waals surface area contributed by atoms with Crippen LogP contribution in [0.25, 0.3) is 0 Å². The quantitative estimate of drug-likeness (QED) is 0.324. The van der Waals surface area contributed by atoms with Crippen LogP contribution in [0.5, 0.6) is 0 Å². The summed E-state index contributed by atoms with van der Waals surface area (Å²) >= 11 is 0. The summed E-state index contributed by atoms with van der Waals surface area (Å²) in [4.78, 5) is 25.0. The lowest BCUT2D eigenvalue weighted by Crippen LogP contribution is -1.36. The molecular formula is C7H11N3O3. The second-order valence-electron chi connectivity index (χ2n) is 1.00. The van der Waals surface area contributed by atoms with E-state index in [-0.39, 0.29) is 0 Å². The molecule has 0 unspecified atom stereocenters. The molecule has 0 amide bonds. The molecule has 13 heavy (non-hydrogen) atoms. The summed E-state index contributed by atoms with van der Waals surface area (Å²) in [6, 6.07) is 0. The molecule has 6 nitrogen and oxygen atoms in total. The van der Waals surface area contributed by atoms with Gasteiger partial charge in [0.15, 0.2) is 0 Å². The molecule has 0 bridgehead atoms. The van der Waals surface area contributed by atoms with E-state index in [0.29, 0.717) is 0 Å². The van der Waals surface area contributed by atoms with Gasteiger partial charge in [0.1, 0.15) is 0 Å². The minimum absolute atomic E-state index is 0.750. The molecule has 0 saturated carbocycles. The fraction of sp³-hybridized carbons (Fsp3) is 0.286.